The normalized spacial score (nSPS) is 11.7. The van der Waals surface area contributed by atoms with Crippen molar-refractivity contribution in [2.75, 3.05) is 4.31 Å². The van der Waals surface area contributed by atoms with Crippen molar-refractivity contribution in [3.8, 4) is 0 Å². The average molecular weight is 469 g/mol. The lowest BCUT2D eigenvalue weighted by Crippen LogP contribution is -2.37. The summed E-state index contributed by atoms with van der Waals surface area (Å²) in [5, 5.41) is 2.63. The number of fused-ring (bicyclic) bond motifs is 3. The molecule has 31 heavy (non-hydrogen) atoms. The summed E-state index contributed by atoms with van der Waals surface area (Å²) in [7, 11) is -4.24. The molecule has 0 N–H and O–H groups in total. The van der Waals surface area contributed by atoms with Gasteiger partial charge in [-0.3, -0.25) is 9.78 Å². The molecule has 0 saturated heterocycles. The van der Waals surface area contributed by atoms with E-state index in [2.05, 4.69) is 4.98 Å². The molecule has 0 unspecified atom stereocenters. The number of hydrogen-bond acceptors (Lipinski definition) is 8. The summed E-state index contributed by atoms with van der Waals surface area (Å²) >= 11 is 1.86. The first-order valence-corrected chi connectivity index (χ1v) is 12.1. The molecule has 10 heteroatoms. The zero-order valence-corrected chi connectivity index (χ0v) is 18.0. The topological polar surface area (TPSA) is 97.6 Å². The van der Waals surface area contributed by atoms with Gasteiger partial charge in [0.05, 0.1) is 16.0 Å². The van der Waals surface area contributed by atoms with E-state index in [0.717, 1.165) is 27.0 Å². The van der Waals surface area contributed by atoms with Crippen molar-refractivity contribution in [3.63, 3.8) is 0 Å². The molecule has 0 fully saturated rings. The van der Waals surface area contributed by atoms with Crippen molar-refractivity contribution in [2.24, 2.45) is 0 Å². The molecular weight excluding hydrogens is 456 g/mol. The van der Waals surface area contributed by atoms with Gasteiger partial charge in [0.2, 0.25) is 0 Å². The summed E-state index contributed by atoms with van der Waals surface area (Å²) in [4.78, 5) is 28.8. The van der Waals surface area contributed by atoms with Crippen LogP contribution in [0.15, 0.2) is 85.8 Å². The maximum absolute atomic E-state index is 13.6. The number of pyridine rings is 1. The Kier molecular flexibility index (Phi) is 4.69. The molecule has 154 valence electrons. The van der Waals surface area contributed by atoms with Gasteiger partial charge in [0.25, 0.3) is 15.9 Å². The molecule has 5 aromatic rings. The molecule has 1 amide bonds. The lowest BCUT2D eigenvalue weighted by atomic mass is 10.1. The maximum Gasteiger partial charge on any atom is 0.396 e. The second-order valence-corrected chi connectivity index (χ2v) is 10.4. The van der Waals surface area contributed by atoms with Gasteiger partial charge in [0.15, 0.2) is 5.58 Å². The van der Waals surface area contributed by atoms with Crippen molar-refractivity contribution in [1.82, 2.24) is 4.98 Å². The van der Waals surface area contributed by atoms with Crippen molar-refractivity contribution in [2.45, 2.75) is 4.21 Å². The van der Waals surface area contributed by atoms with Crippen LogP contribution in [0.4, 0.5) is 5.69 Å². The van der Waals surface area contributed by atoms with Crippen molar-refractivity contribution in [1.29, 1.82) is 0 Å². The van der Waals surface area contributed by atoms with Crippen LogP contribution in [0, 0.1) is 0 Å². The fourth-order valence-corrected chi connectivity index (χ4v) is 6.51. The highest BCUT2D eigenvalue weighted by Crippen LogP contribution is 2.38. The minimum absolute atomic E-state index is 0.0225. The first kappa shape index (κ1) is 19.6. The number of hydrogen-bond donors (Lipinski definition) is 0. The Morgan fingerprint density at radius 3 is 2.55 bits per heavy atom. The number of amides is 1. The average Bonchev–Trinajstić information content (AvgIpc) is 3.44. The number of carbonyl (C=O) groups excluding carboxylic acids is 1. The highest BCUT2D eigenvalue weighted by molar-refractivity contribution is 7.95. The van der Waals surface area contributed by atoms with Gasteiger partial charge in [-0.25, -0.2) is 4.79 Å². The molecule has 0 spiro atoms. The molecule has 0 radical (unpaired) electrons. The molecule has 0 aliphatic rings. The minimum atomic E-state index is -4.24. The molecule has 3 heterocycles. The quantitative estimate of drug-likeness (QED) is 0.385. The standard InChI is InChI=1S/C21H12N2O5S3/c24-20(13-5-3-9-22-12-13)23(31(26,27)18-8-4-10-29-18)16-11-17-19(28-21(25)30-17)15-7-2-1-6-14(15)16/h1-12H. The van der Waals surface area contributed by atoms with E-state index < -0.39 is 20.9 Å². The molecule has 5 rings (SSSR count). The Bertz CT molecular complexity index is 1590. The Balaban J connectivity index is 1.86. The summed E-state index contributed by atoms with van der Waals surface area (Å²) < 4.78 is 33.8. The Morgan fingerprint density at radius 2 is 1.84 bits per heavy atom. The number of carbonyl (C=O) groups is 1. The number of rotatable bonds is 4. The minimum Gasteiger partial charge on any atom is -0.413 e. The highest BCUT2D eigenvalue weighted by Gasteiger charge is 2.34. The van der Waals surface area contributed by atoms with Crippen LogP contribution >= 0.6 is 22.7 Å². The van der Waals surface area contributed by atoms with E-state index in [-0.39, 0.29) is 15.5 Å². The van der Waals surface area contributed by atoms with Crippen LogP contribution in [0.3, 0.4) is 0 Å². The fourth-order valence-electron chi connectivity index (χ4n) is 3.30. The Morgan fingerprint density at radius 1 is 1.03 bits per heavy atom. The highest BCUT2D eigenvalue weighted by atomic mass is 32.2. The summed E-state index contributed by atoms with van der Waals surface area (Å²) in [5.41, 5.74) is 0.617. The molecule has 0 atom stereocenters. The molecule has 0 aliphatic heterocycles. The van der Waals surface area contributed by atoms with Crippen molar-refractivity contribution >= 4 is 65.3 Å². The molecule has 2 aromatic carbocycles. The van der Waals surface area contributed by atoms with Crippen LogP contribution in [0.5, 0.6) is 0 Å². The number of anilines is 1. The second kappa shape index (κ2) is 7.41. The van der Waals surface area contributed by atoms with E-state index in [4.69, 9.17) is 4.42 Å². The maximum atomic E-state index is 13.6. The molecule has 0 aliphatic carbocycles. The number of aromatic nitrogens is 1. The van der Waals surface area contributed by atoms with Crippen LogP contribution in [0.25, 0.3) is 21.1 Å². The number of benzene rings is 2. The van der Waals surface area contributed by atoms with E-state index >= 15 is 0 Å². The van der Waals surface area contributed by atoms with Gasteiger partial charge < -0.3 is 4.42 Å². The first-order valence-electron chi connectivity index (χ1n) is 8.95. The third-order valence-electron chi connectivity index (χ3n) is 4.62. The molecule has 0 bridgehead atoms. The number of nitrogens with zero attached hydrogens (tertiary/aromatic N) is 2. The third kappa shape index (κ3) is 3.25. The van der Waals surface area contributed by atoms with Crippen LogP contribution in [0.2, 0.25) is 0 Å². The summed E-state index contributed by atoms with van der Waals surface area (Å²) in [6.45, 7) is 0. The van der Waals surface area contributed by atoms with Gasteiger partial charge in [0.1, 0.15) is 4.21 Å². The monoisotopic (exact) mass is 468 g/mol. The summed E-state index contributed by atoms with van der Waals surface area (Å²) in [6, 6.07) is 14.5. The summed E-state index contributed by atoms with van der Waals surface area (Å²) in [5.74, 6) is -0.748. The number of sulfonamides is 1. The van der Waals surface area contributed by atoms with E-state index in [9.17, 15) is 18.0 Å². The van der Waals surface area contributed by atoms with Crippen molar-refractivity contribution in [3.05, 3.63) is 87.7 Å². The van der Waals surface area contributed by atoms with Gasteiger partial charge >= 0.3 is 4.94 Å². The van der Waals surface area contributed by atoms with Gasteiger partial charge in [0, 0.05) is 23.2 Å². The van der Waals surface area contributed by atoms with Crippen LogP contribution < -0.4 is 9.24 Å². The molecule has 7 nitrogen and oxygen atoms in total. The van der Waals surface area contributed by atoms with Gasteiger partial charge in [-0.15, -0.1) is 11.3 Å². The Hall–Kier alpha value is -3.34. The zero-order valence-electron chi connectivity index (χ0n) is 15.6. The van der Waals surface area contributed by atoms with Gasteiger partial charge in [-0.1, -0.05) is 41.7 Å². The lowest BCUT2D eigenvalue weighted by molar-refractivity contribution is 0.101. The zero-order chi connectivity index (χ0) is 21.6. The molecular formula is C21H12N2O5S3. The van der Waals surface area contributed by atoms with Crippen molar-refractivity contribution < 1.29 is 17.6 Å². The molecule has 0 saturated carbocycles. The summed E-state index contributed by atoms with van der Waals surface area (Å²) in [6.07, 6.45) is 2.81. The number of thiophene rings is 1. The lowest BCUT2D eigenvalue weighted by Gasteiger charge is -2.23. The van der Waals surface area contributed by atoms with E-state index in [1.54, 1.807) is 41.8 Å². The predicted octanol–water partition coefficient (Wildman–Crippen LogP) is 4.50. The Labute approximate surface area is 183 Å². The van der Waals surface area contributed by atoms with Crippen LogP contribution in [-0.2, 0) is 10.0 Å². The van der Waals surface area contributed by atoms with E-state index in [0.29, 0.717) is 21.1 Å². The van der Waals surface area contributed by atoms with Gasteiger partial charge in [-0.2, -0.15) is 12.7 Å². The predicted molar refractivity (Wildman–Crippen MR) is 120 cm³/mol. The van der Waals surface area contributed by atoms with Crippen LogP contribution in [-0.4, -0.2) is 19.3 Å². The van der Waals surface area contributed by atoms with Gasteiger partial charge in [-0.05, 0) is 29.6 Å². The fraction of sp³-hybridized carbons (Fsp3) is 0. The van der Waals surface area contributed by atoms with E-state index in [1.165, 1.54) is 30.6 Å². The smallest absolute Gasteiger partial charge is 0.396 e. The SMILES string of the molecule is O=C(c1cccnc1)N(c1cc2sc(=O)oc2c2ccccc12)S(=O)(=O)c1cccs1. The second-order valence-electron chi connectivity index (χ2n) is 6.47. The van der Waals surface area contributed by atoms with E-state index in [1.807, 2.05) is 0 Å². The largest absolute Gasteiger partial charge is 0.413 e. The first-order chi connectivity index (χ1) is 15.0. The van der Waals surface area contributed by atoms with Crippen LogP contribution in [0.1, 0.15) is 10.4 Å². The third-order valence-corrected chi connectivity index (χ3v) is 8.46. The molecule has 3 aromatic heterocycles.